The molecule has 2 heterocycles. The van der Waals surface area contributed by atoms with E-state index in [9.17, 15) is 18.4 Å². The monoisotopic (exact) mass is 381 g/mol. The summed E-state index contributed by atoms with van der Waals surface area (Å²) in [5.74, 6) is -3.68. The van der Waals surface area contributed by atoms with Crippen molar-refractivity contribution < 1.29 is 32.6 Å². The van der Waals surface area contributed by atoms with E-state index in [0.29, 0.717) is 45.4 Å². The molecule has 1 amide bonds. The summed E-state index contributed by atoms with van der Waals surface area (Å²) in [6.07, 6.45) is 1.41. The highest BCUT2D eigenvalue weighted by molar-refractivity contribution is 6.00. The van der Waals surface area contributed by atoms with Crippen LogP contribution in [0, 0.1) is 23.0 Å². The van der Waals surface area contributed by atoms with Gasteiger partial charge >= 0.3 is 5.97 Å². The second-order valence-corrected chi connectivity index (χ2v) is 7.53. The number of nitrogens with zero attached hydrogens (tertiary/aromatic N) is 1. The van der Waals surface area contributed by atoms with Crippen LogP contribution in [-0.4, -0.2) is 44.5 Å². The van der Waals surface area contributed by atoms with E-state index in [-0.39, 0.29) is 11.6 Å². The molecule has 8 heteroatoms. The van der Waals surface area contributed by atoms with Crippen molar-refractivity contribution in [2.45, 2.75) is 31.5 Å². The van der Waals surface area contributed by atoms with Gasteiger partial charge in [0.1, 0.15) is 11.6 Å². The Bertz CT molecular complexity index is 759. The fourth-order valence-corrected chi connectivity index (χ4v) is 4.74. The van der Waals surface area contributed by atoms with E-state index in [1.54, 1.807) is 0 Å². The fraction of sp³-hybridized carbons (Fsp3) is 0.579. The van der Waals surface area contributed by atoms with Crippen molar-refractivity contribution in [1.29, 1.82) is 0 Å². The number of esters is 1. The number of amides is 1. The molecule has 27 heavy (non-hydrogen) atoms. The van der Waals surface area contributed by atoms with Crippen molar-refractivity contribution >= 4 is 17.6 Å². The quantitative estimate of drug-likeness (QED) is 0.736. The first-order valence-electron chi connectivity index (χ1n) is 9.00. The molecule has 2 saturated heterocycles. The highest BCUT2D eigenvalue weighted by Crippen LogP contribution is 2.53. The Morgan fingerprint density at radius 2 is 1.85 bits per heavy atom. The Morgan fingerprint density at radius 1 is 1.19 bits per heavy atom. The van der Waals surface area contributed by atoms with Crippen LogP contribution < -0.4 is 4.90 Å². The van der Waals surface area contributed by atoms with Crippen molar-refractivity contribution in [1.82, 2.24) is 0 Å². The molecule has 1 unspecified atom stereocenters. The van der Waals surface area contributed by atoms with Gasteiger partial charge in [0.05, 0.1) is 31.7 Å². The smallest absolute Gasteiger partial charge is 0.308 e. The number of benzene rings is 1. The lowest BCUT2D eigenvalue weighted by molar-refractivity contribution is -0.216. The predicted molar refractivity (Wildman–Crippen MR) is 89.8 cm³/mol. The summed E-state index contributed by atoms with van der Waals surface area (Å²) in [5, 5.41) is 0. The number of anilines is 1. The van der Waals surface area contributed by atoms with Gasteiger partial charge in [-0.25, -0.2) is 8.78 Å². The van der Waals surface area contributed by atoms with Crippen LogP contribution in [-0.2, 0) is 23.8 Å². The minimum atomic E-state index is -0.990. The molecule has 4 rings (SSSR count). The van der Waals surface area contributed by atoms with Crippen LogP contribution in [0.1, 0.15) is 25.7 Å². The molecule has 2 spiro atoms. The largest absolute Gasteiger partial charge is 0.469 e. The van der Waals surface area contributed by atoms with Crippen molar-refractivity contribution in [3.8, 4) is 0 Å². The summed E-state index contributed by atoms with van der Waals surface area (Å²) < 4.78 is 43.7. The molecule has 146 valence electrons. The molecule has 1 aliphatic carbocycles. The van der Waals surface area contributed by atoms with Gasteiger partial charge in [-0.2, -0.15) is 0 Å². The van der Waals surface area contributed by atoms with Crippen LogP contribution in [0.5, 0.6) is 0 Å². The summed E-state index contributed by atoms with van der Waals surface area (Å²) >= 11 is 0. The Labute approximate surface area is 155 Å². The Kier molecular flexibility index (Phi) is 4.43. The van der Waals surface area contributed by atoms with Crippen LogP contribution in [0.15, 0.2) is 18.2 Å². The maximum absolute atomic E-state index is 13.6. The molecule has 1 aromatic carbocycles. The molecule has 1 saturated carbocycles. The van der Waals surface area contributed by atoms with Crippen LogP contribution in [0.2, 0.25) is 0 Å². The molecule has 0 radical (unpaired) electrons. The van der Waals surface area contributed by atoms with Gasteiger partial charge in [-0.15, -0.1) is 0 Å². The number of rotatable bonds is 2. The highest BCUT2D eigenvalue weighted by Gasteiger charge is 2.59. The molecule has 3 aliphatic rings. The minimum absolute atomic E-state index is 0.178. The summed E-state index contributed by atoms with van der Waals surface area (Å²) in [5.41, 5.74) is -0.707. The summed E-state index contributed by atoms with van der Waals surface area (Å²) in [6.45, 7) is 1.11. The van der Waals surface area contributed by atoms with Crippen LogP contribution in [0.3, 0.4) is 0 Å². The predicted octanol–water partition coefficient (Wildman–Crippen LogP) is 2.40. The third-order valence-electron chi connectivity index (χ3n) is 5.82. The molecule has 0 aromatic heterocycles. The topological polar surface area (TPSA) is 65.1 Å². The average molecular weight is 381 g/mol. The van der Waals surface area contributed by atoms with Crippen molar-refractivity contribution in [2.24, 2.45) is 11.3 Å². The molecule has 0 bridgehead atoms. The van der Waals surface area contributed by atoms with Gasteiger partial charge in [-0.05, 0) is 25.0 Å². The zero-order chi connectivity index (χ0) is 19.2. The van der Waals surface area contributed by atoms with Gasteiger partial charge in [-0.1, -0.05) is 0 Å². The fourth-order valence-electron chi connectivity index (χ4n) is 4.74. The third kappa shape index (κ3) is 3.10. The van der Waals surface area contributed by atoms with Crippen LogP contribution in [0.4, 0.5) is 14.5 Å². The summed E-state index contributed by atoms with van der Waals surface area (Å²) in [4.78, 5) is 26.9. The number of halogens is 2. The van der Waals surface area contributed by atoms with Crippen molar-refractivity contribution in [2.75, 3.05) is 31.8 Å². The first kappa shape index (κ1) is 18.3. The zero-order valence-electron chi connectivity index (χ0n) is 15.0. The summed E-state index contributed by atoms with van der Waals surface area (Å²) in [7, 11) is 1.31. The van der Waals surface area contributed by atoms with Gasteiger partial charge in [0, 0.05) is 31.1 Å². The standard InChI is InChI=1S/C19H21F2NO5/c1-25-16(23)12-9-18(11-19(10-12)26-4-5-27-19)2-3-22(17(18)24)15-7-13(20)6-14(21)8-15/h6-8,12H,2-5,9-11H2,1H3/t12-,18?/m0/s1. The van der Waals surface area contributed by atoms with E-state index < -0.39 is 34.7 Å². The highest BCUT2D eigenvalue weighted by atomic mass is 19.1. The van der Waals surface area contributed by atoms with Gasteiger partial charge in [-0.3, -0.25) is 9.59 Å². The van der Waals surface area contributed by atoms with E-state index >= 15 is 0 Å². The Hall–Kier alpha value is -2.06. The van der Waals surface area contributed by atoms with Crippen molar-refractivity contribution in [3.63, 3.8) is 0 Å². The molecule has 6 nitrogen and oxygen atoms in total. The number of carbonyl (C=O) groups is 2. The zero-order valence-corrected chi connectivity index (χ0v) is 15.0. The third-order valence-corrected chi connectivity index (χ3v) is 5.82. The lowest BCUT2D eigenvalue weighted by Gasteiger charge is -2.44. The minimum Gasteiger partial charge on any atom is -0.469 e. The van der Waals surface area contributed by atoms with E-state index in [2.05, 4.69) is 0 Å². The number of hydrogen-bond acceptors (Lipinski definition) is 5. The maximum atomic E-state index is 13.6. The second-order valence-electron chi connectivity index (χ2n) is 7.53. The first-order valence-corrected chi connectivity index (χ1v) is 9.00. The van der Waals surface area contributed by atoms with Gasteiger partial charge in [0.15, 0.2) is 5.79 Å². The molecular formula is C19H21F2NO5. The molecule has 2 atom stereocenters. The number of hydrogen-bond donors (Lipinski definition) is 0. The second kappa shape index (κ2) is 6.53. The lowest BCUT2D eigenvalue weighted by atomic mass is 9.66. The van der Waals surface area contributed by atoms with Crippen LogP contribution in [0.25, 0.3) is 0 Å². The first-order chi connectivity index (χ1) is 12.9. The SMILES string of the molecule is COC(=O)[C@@H]1CC2(CC3(CCN(c4cc(F)cc(F)c4)C3=O)C1)OCCO2. The Morgan fingerprint density at radius 3 is 2.48 bits per heavy atom. The van der Waals surface area contributed by atoms with E-state index in [0.717, 1.165) is 18.2 Å². The Balaban J connectivity index is 1.66. The van der Waals surface area contributed by atoms with Crippen LogP contribution >= 0.6 is 0 Å². The summed E-state index contributed by atoms with van der Waals surface area (Å²) in [6, 6.07) is 3.04. The number of ether oxygens (including phenoxy) is 3. The molecule has 1 aromatic rings. The van der Waals surface area contributed by atoms with Gasteiger partial charge < -0.3 is 19.1 Å². The maximum Gasteiger partial charge on any atom is 0.308 e. The number of carbonyl (C=O) groups excluding carboxylic acids is 2. The van der Waals surface area contributed by atoms with E-state index in [1.807, 2.05) is 0 Å². The average Bonchev–Trinajstić information content (AvgIpc) is 3.18. The lowest BCUT2D eigenvalue weighted by Crippen LogP contribution is -2.51. The molecule has 2 aliphatic heterocycles. The number of methoxy groups -OCH3 is 1. The molecule has 3 fully saturated rings. The molecular weight excluding hydrogens is 360 g/mol. The van der Waals surface area contributed by atoms with Gasteiger partial charge in [0.2, 0.25) is 5.91 Å². The van der Waals surface area contributed by atoms with E-state index in [1.165, 1.54) is 12.0 Å². The molecule has 0 N–H and O–H groups in total. The van der Waals surface area contributed by atoms with Gasteiger partial charge in [0.25, 0.3) is 0 Å². The van der Waals surface area contributed by atoms with Crippen molar-refractivity contribution in [3.05, 3.63) is 29.8 Å². The normalized spacial score (nSPS) is 29.7. The van der Waals surface area contributed by atoms with E-state index in [4.69, 9.17) is 14.2 Å².